The third-order valence-electron chi connectivity index (χ3n) is 2.01. The van der Waals surface area contributed by atoms with Crippen LogP contribution in [0.15, 0.2) is 35.3 Å². The minimum atomic E-state index is -0.433. The van der Waals surface area contributed by atoms with Gasteiger partial charge in [-0.2, -0.15) is 0 Å². The number of rotatable bonds is 2. The lowest BCUT2D eigenvalue weighted by Gasteiger charge is -2.28. The van der Waals surface area contributed by atoms with Crippen molar-refractivity contribution in [3.63, 3.8) is 0 Å². The molecule has 1 aliphatic rings. The normalized spacial score (nSPS) is 25.9. The van der Waals surface area contributed by atoms with Crippen LogP contribution in [0.4, 0.5) is 0 Å². The van der Waals surface area contributed by atoms with Crippen molar-refractivity contribution in [1.29, 1.82) is 0 Å². The number of halogens is 1. The van der Waals surface area contributed by atoms with Gasteiger partial charge in [-0.15, -0.1) is 0 Å². The van der Waals surface area contributed by atoms with Crippen molar-refractivity contribution < 1.29 is 4.79 Å². The van der Waals surface area contributed by atoms with E-state index in [9.17, 15) is 4.79 Å². The molecular weight excluding hydrogens is 200 g/mol. The van der Waals surface area contributed by atoms with Crippen LogP contribution in [0.1, 0.15) is 5.56 Å². The van der Waals surface area contributed by atoms with Gasteiger partial charge in [0.1, 0.15) is 5.50 Å². The maximum absolute atomic E-state index is 11.0. The van der Waals surface area contributed by atoms with Crippen LogP contribution in [0.5, 0.6) is 0 Å². The van der Waals surface area contributed by atoms with E-state index in [4.69, 9.17) is 11.6 Å². The molecule has 2 atom stereocenters. The van der Waals surface area contributed by atoms with Gasteiger partial charge in [0.15, 0.2) is 6.04 Å². The SMILES string of the molecule is O=C1N[C@@H](Cl)[C@@H]1N=Cc1ccccc1. The summed E-state index contributed by atoms with van der Waals surface area (Å²) in [7, 11) is 0. The van der Waals surface area contributed by atoms with Gasteiger partial charge in [-0.25, -0.2) is 0 Å². The molecule has 1 aromatic carbocycles. The van der Waals surface area contributed by atoms with Crippen molar-refractivity contribution in [2.75, 3.05) is 0 Å². The highest BCUT2D eigenvalue weighted by Gasteiger charge is 2.36. The summed E-state index contributed by atoms with van der Waals surface area (Å²) in [5.74, 6) is -0.114. The number of amides is 1. The van der Waals surface area contributed by atoms with E-state index in [1.54, 1.807) is 6.21 Å². The van der Waals surface area contributed by atoms with Gasteiger partial charge in [0.25, 0.3) is 0 Å². The van der Waals surface area contributed by atoms with E-state index in [2.05, 4.69) is 10.3 Å². The van der Waals surface area contributed by atoms with Gasteiger partial charge in [0, 0.05) is 6.21 Å². The molecular formula is C10H9ClN2O. The number of nitrogens with one attached hydrogen (secondary N) is 1. The Morgan fingerprint density at radius 1 is 1.36 bits per heavy atom. The summed E-state index contributed by atoms with van der Waals surface area (Å²) in [5.41, 5.74) is 0.610. The second-order valence-electron chi connectivity index (χ2n) is 3.04. The highest BCUT2D eigenvalue weighted by atomic mass is 35.5. The molecule has 1 aromatic rings. The second kappa shape index (κ2) is 3.80. The fourth-order valence-electron chi connectivity index (χ4n) is 1.19. The predicted octanol–water partition coefficient (Wildman–Crippen LogP) is 1.17. The summed E-state index contributed by atoms with van der Waals surface area (Å²) in [5, 5.41) is 2.50. The van der Waals surface area contributed by atoms with E-state index in [1.807, 2.05) is 30.3 Å². The zero-order chi connectivity index (χ0) is 9.97. The highest BCUT2D eigenvalue weighted by Crippen LogP contribution is 2.13. The summed E-state index contributed by atoms with van der Waals surface area (Å²) in [6.07, 6.45) is 1.67. The molecule has 1 fully saturated rings. The zero-order valence-corrected chi connectivity index (χ0v) is 8.11. The summed E-state index contributed by atoms with van der Waals surface area (Å²) >= 11 is 5.73. The van der Waals surface area contributed by atoms with E-state index in [1.165, 1.54) is 0 Å². The summed E-state index contributed by atoms with van der Waals surface area (Å²) < 4.78 is 0. The Morgan fingerprint density at radius 3 is 2.64 bits per heavy atom. The quantitative estimate of drug-likeness (QED) is 0.337. The number of β-lactam (4-membered cyclic amide) rings is 1. The average molecular weight is 209 g/mol. The summed E-state index contributed by atoms with van der Waals surface area (Å²) in [4.78, 5) is 15.0. The highest BCUT2D eigenvalue weighted by molar-refractivity contribution is 6.26. The van der Waals surface area contributed by atoms with Gasteiger partial charge in [0.2, 0.25) is 5.91 Å². The standard InChI is InChI=1S/C10H9ClN2O/c11-9-8(10(14)13-9)12-6-7-4-2-1-3-5-7/h1-6,8-9H,(H,13,14)/t8-,9+/m0/s1. The van der Waals surface area contributed by atoms with Crippen molar-refractivity contribution >= 4 is 23.7 Å². The van der Waals surface area contributed by atoms with Gasteiger partial charge >= 0.3 is 0 Å². The van der Waals surface area contributed by atoms with E-state index in [0.29, 0.717) is 0 Å². The third kappa shape index (κ3) is 1.77. The Kier molecular flexibility index (Phi) is 2.50. The first-order chi connectivity index (χ1) is 6.77. The van der Waals surface area contributed by atoms with Crippen LogP contribution in [-0.2, 0) is 4.79 Å². The molecule has 3 nitrogen and oxygen atoms in total. The van der Waals surface area contributed by atoms with Crippen molar-refractivity contribution in [1.82, 2.24) is 5.32 Å². The van der Waals surface area contributed by atoms with Gasteiger partial charge in [-0.3, -0.25) is 9.79 Å². The van der Waals surface area contributed by atoms with Gasteiger partial charge in [-0.1, -0.05) is 41.9 Å². The fraction of sp³-hybridized carbons (Fsp3) is 0.200. The van der Waals surface area contributed by atoms with E-state index >= 15 is 0 Å². The Bertz CT molecular complexity index is 364. The van der Waals surface area contributed by atoms with Crippen LogP contribution in [0.2, 0.25) is 0 Å². The molecule has 0 aliphatic carbocycles. The number of carbonyl (C=O) groups is 1. The number of carbonyl (C=O) groups excluding carboxylic acids is 1. The molecule has 0 unspecified atom stereocenters. The zero-order valence-electron chi connectivity index (χ0n) is 7.35. The van der Waals surface area contributed by atoms with E-state index in [-0.39, 0.29) is 11.4 Å². The molecule has 1 aliphatic heterocycles. The lowest BCUT2D eigenvalue weighted by molar-refractivity contribution is -0.128. The molecule has 0 radical (unpaired) electrons. The minimum absolute atomic E-state index is 0.114. The molecule has 14 heavy (non-hydrogen) atoms. The number of benzene rings is 1. The average Bonchev–Trinajstić information content (AvgIpc) is 2.19. The monoisotopic (exact) mass is 208 g/mol. The molecule has 0 aromatic heterocycles. The summed E-state index contributed by atoms with van der Waals surface area (Å²) in [6.45, 7) is 0. The van der Waals surface area contributed by atoms with Crippen LogP contribution < -0.4 is 5.32 Å². The first kappa shape index (κ1) is 9.21. The summed E-state index contributed by atoms with van der Waals surface area (Å²) in [6, 6.07) is 9.17. The van der Waals surface area contributed by atoms with Crippen LogP contribution in [0.25, 0.3) is 0 Å². The number of alkyl halides is 1. The predicted molar refractivity (Wildman–Crippen MR) is 55.6 cm³/mol. The van der Waals surface area contributed by atoms with E-state index < -0.39 is 6.04 Å². The van der Waals surface area contributed by atoms with Crippen molar-refractivity contribution in [3.8, 4) is 0 Å². The van der Waals surface area contributed by atoms with Crippen LogP contribution in [-0.4, -0.2) is 23.7 Å². The molecule has 1 heterocycles. The van der Waals surface area contributed by atoms with Gasteiger partial charge in [-0.05, 0) is 5.56 Å². The largest absolute Gasteiger partial charge is 0.336 e. The number of aliphatic imine (C=N–C) groups is 1. The first-order valence-corrected chi connectivity index (χ1v) is 4.74. The molecule has 0 saturated carbocycles. The molecule has 0 spiro atoms. The van der Waals surface area contributed by atoms with Gasteiger partial charge in [0.05, 0.1) is 0 Å². The molecule has 1 amide bonds. The minimum Gasteiger partial charge on any atom is -0.336 e. The van der Waals surface area contributed by atoms with Crippen LogP contribution in [0.3, 0.4) is 0 Å². The topological polar surface area (TPSA) is 41.5 Å². The Labute approximate surface area is 86.8 Å². The number of hydrogen-bond acceptors (Lipinski definition) is 2. The van der Waals surface area contributed by atoms with Gasteiger partial charge < -0.3 is 5.32 Å². The Balaban J connectivity index is 2.04. The first-order valence-electron chi connectivity index (χ1n) is 4.30. The Morgan fingerprint density at radius 2 is 2.07 bits per heavy atom. The van der Waals surface area contributed by atoms with E-state index in [0.717, 1.165) is 5.56 Å². The number of nitrogens with zero attached hydrogens (tertiary/aromatic N) is 1. The molecule has 1 N–H and O–H groups in total. The molecule has 2 rings (SSSR count). The van der Waals surface area contributed by atoms with Crippen LogP contribution >= 0.6 is 11.6 Å². The molecule has 4 heteroatoms. The molecule has 0 bridgehead atoms. The second-order valence-corrected chi connectivity index (χ2v) is 3.51. The third-order valence-corrected chi connectivity index (χ3v) is 2.36. The van der Waals surface area contributed by atoms with Crippen molar-refractivity contribution in [3.05, 3.63) is 35.9 Å². The molecule has 72 valence electrons. The lowest BCUT2D eigenvalue weighted by Crippen LogP contribution is -2.58. The smallest absolute Gasteiger partial charge is 0.249 e. The Hall–Kier alpha value is -1.35. The van der Waals surface area contributed by atoms with Crippen molar-refractivity contribution in [2.24, 2.45) is 4.99 Å². The maximum Gasteiger partial charge on any atom is 0.249 e. The maximum atomic E-state index is 11.0. The van der Waals surface area contributed by atoms with Crippen LogP contribution in [0, 0.1) is 0 Å². The lowest BCUT2D eigenvalue weighted by atomic mass is 10.1. The molecule has 1 saturated heterocycles. The van der Waals surface area contributed by atoms with Crippen molar-refractivity contribution in [2.45, 2.75) is 11.5 Å². The number of hydrogen-bond donors (Lipinski definition) is 1. The fourth-order valence-corrected chi connectivity index (χ4v) is 1.47.